The van der Waals surface area contributed by atoms with E-state index in [1.165, 1.54) is 16.8 Å². The first-order valence-corrected chi connectivity index (χ1v) is 8.23. The van der Waals surface area contributed by atoms with Crippen molar-refractivity contribution in [3.05, 3.63) is 42.4 Å². The van der Waals surface area contributed by atoms with Gasteiger partial charge < -0.3 is 4.57 Å². The summed E-state index contributed by atoms with van der Waals surface area (Å²) in [5, 5.41) is 0. The van der Waals surface area contributed by atoms with Crippen molar-refractivity contribution in [1.82, 2.24) is 9.55 Å². The summed E-state index contributed by atoms with van der Waals surface area (Å²) in [6, 6.07) is 8.97. The van der Waals surface area contributed by atoms with Gasteiger partial charge in [0.05, 0.1) is 24.3 Å². The number of hydrogen-bond acceptors (Lipinski definition) is 2. The molecule has 1 aromatic carbocycles. The van der Waals surface area contributed by atoms with Gasteiger partial charge in [-0.1, -0.05) is 24.3 Å². The smallest absolute Gasteiger partial charge is 0.159 e. The number of hydrogen-bond donors (Lipinski definition) is 1. The quantitative estimate of drug-likeness (QED) is 0.869. The average Bonchev–Trinajstić information content (AvgIpc) is 3.08. The third-order valence-electron chi connectivity index (χ3n) is 5.38. The van der Waals surface area contributed by atoms with Crippen LogP contribution in [0.3, 0.4) is 0 Å². The van der Waals surface area contributed by atoms with Gasteiger partial charge in [-0.15, -0.1) is 0 Å². The topological polar surface area (TPSA) is 43.8 Å². The van der Waals surface area contributed by atoms with E-state index in [4.69, 9.17) is 5.73 Å². The van der Waals surface area contributed by atoms with Crippen molar-refractivity contribution in [3.8, 4) is 11.3 Å². The molecule has 0 bridgehead atoms. The lowest BCUT2D eigenvalue weighted by molar-refractivity contribution is 0.0869. The fraction of sp³-hybridized carbons (Fsp3) is 0.500. The van der Waals surface area contributed by atoms with E-state index in [1.54, 1.807) is 0 Å². The number of rotatable bonds is 3. The Labute approximate surface area is 130 Å². The second-order valence-corrected chi connectivity index (χ2v) is 6.84. The van der Waals surface area contributed by atoms with Crippen LogP contribution in [0.15, 0.2) is 36.8 Å². The highest BCUT2D eigenvalue weighted by molar-refractivity contribution is 5.68. The molecule has 2 heterocycles. The van der Waals surface area contributed by atoms with Crippen LogP contribution in [0.1, 0.15) is 50.1 Å². The number of halogens is 1. The summed E-state index contributed by atoms with van der Waals surface area (Å²) < 4.78 is 16.0. The highest BCUT2D eigenvalue weighted by atomic mass is 19.1. The van der Waals surface area contributed by atoms with Crippen LogP contribution in [0.4, 0.5) is 4.39 Å². The second kappa shape index (κ2) is 5.20. The summed E-state index contributed by atoms with van der Waals surface area (Å²) in [7, 11) is 0. The predicted octanol–water partition coefficient (Wildman–Crippen LogP) is 4.05. The maximum Gasteiger partial charge on any atom is 0.159 e. The summed E-state index contributed by atoms with van der Waals surface area (Å²) in [5.41, 5.74) is 9.51. The summed E-state index contributed by atoms with van der Waals surface area (Å²) in [6.45, 7) is 0. The van der Waals surface area contributed by atoms with Crippen molar-refractivity contribution < 1.29 is 4.39 Å². The highest BCUT2D eigenvalue weighted by Gasteiger charge is 2.33. The minimum absolute atomic E-state index is 0.378. The molecule has 0 radical (unpaired) electrons. The lowest BCUT2D eigenvalue weighted by Crippen LogP contribution is -2.38. The minimum Gasteiger partial charge on any atom is -0.323 e. The molecule has 0 amide bonds. The Kier molecular flexibility index (Phi) is 3.30. The van der Waals surface area contributed by atoms with E-state index in [0.717, 1.165) is 25.7 Å². The number of aromatic nitrogens is 2. The Hall–Kier alpha value is -1.68. The van der Waals surface area contributed by atoms with Crippen LogP contribution in [-0.2, 0) is 0 Å². The van der Waals surface area contributed by atoms with Crippen molar-refractivity contribution in [2.45, 2.75) is 50.4 Å². The van der Waals surface area contributed by atoms with Gasteiger partial charge in [0.2, 0.25) is 0 Å². The first-order chi connectivity index (χ1) is 10.6. The van der Waals surface area contributed by atoms with Gasteiger partial charge in [-0.3, -0.25) is 5.73 Å². The van der Waals surface area contributed by atoms with E-state index in [9.17, 15) is 4.39 Å². The standard InChI is InChI=1S/C18H22FN3/c19-18(20)9-7-13(8-10-18)5-6-16-14-3-1-2-4-15(14)17-11-21-12-22(16)17/h1-4,11-13,16H,5-10,20H2. The molecule has 1 atom stereocenters. The SMILES string of the molecule is NC1(F)CCC(CCC2c3ccccc3-c3cncn32)CC1. The molecule has 22 heavy (non-hydrogen) atoms. The highest BCUT2D eigenvalue weighted by Crippen LogP contribution is 2.43. The summed E-state index contributed by atoms with van der Waals surface area (Å²) >= 11 is 0. The molecule has 2 aromatic rings. The van der Waals surface area contributed by atoms with E-state index < -0.39 is 5.79 Å². The zero-order valence-electron chi connectivity index (χ0n) is 12.7. The van der Waals surface area contributed by atoms with Crippen molar-refractivity contribution in [2.24, 2.45) is 11.7 Å². The maximum absolute atomic E-state index is 13.7. The molecule has 1 unspecified atom stereocenters. The van der Waals surface area contributed by atoms with Gasteiger partial charge in [0.25, 0.3) is 0 Å². The van der Waals surface area contributed by atoms with Gasteiger partial charge >= 0.3 is 0 Å². The first-order valence-electron chi connectivity index (χ1n) is 8.23. The third-order valence-corrected chi connectivity index (χ3v) is 5.38. The van der Waals surface area contributed by atoms with Crippen molar-refractivity contribution in [1.29, 1.82) is 0 Å². The lowest BCUT2D eigenvalue weighted by atomic mass is 9.81. The number of nitrogens with zero attached hydrogens (tertiary/aromatic N) is 2. The number of alkyl halides is 1. The lowest BCUT2D eigenvalue weighted by Gasteiger charge is -2.31. The predicted molar refractivity (Wildman–Crippen MR) is 85.0 cm³/mol. The van der Waals surface area contributed by atoms with Crippen molar-refractivity contribution in [2.75, 3.05) is 0 Å². The summed E-state index contributed by atoms with van der Waals surface area (Å²) in [5.74, 6) is -0.819. The van der Waals surface area contributed by atoms with E-state index in [1.807, 2.05) is 12.5 Å². The molecule has 3 nitrogen and oxygen atoms in total. The molecule has 4 heteroatoms. The largest absolute Gasteiger partial charge is 0.323 e. The van der Waals surface area contributed by atoms with Crippen LogP contribution in [-0.4, -0.2) is 15.3 Å². The van der Waals surface area contributed by atoms with Gasteiger partial charge in [-0.05, 0) is 50.0 Å². The Morgan fingerprint density at radius 1 is 1.23 bits per heavy atom. The summed E-state index contributed by atoms with van der Waals surface area (Å²) in [6.07, 6.45) is 8.96. The van der Waals surface area contributed by atoms with Crippen LogP contribution in [0.25, 0.3) is 11.3 Å². The Morgan fingerprint density at radius 3 is 2.82 bits per heavy atom. The van der Waals surface area contributed by atoms with Crippen molar-refractivity contribution >= 4 is 0 Å². The van der Waals surface area contributed by atoms with Gasteiger partial charge in [0, 0.05) is 5.56 Å². The van der Waals surface area contributed by atoms with Crippen molar-refractivity contribution in [3.63, 3.8) is 0 Å². The second-order valence-electron chi connectivity index (χ2n) is 6.84. The molecule has 1 saturated carbocycles. The van der Waals surface area contributed by atoms with Crippen LogP contribution < -0.4 is 5.73 Å². The monoisotopic (exact) mass is 299 g/mol. The fourth-order valence-corrected chi connectivity index (χ4v) is 4.07. The Bertz CT molecular complexity index is 666. The molecule has 1 aliphatic carbocycles. The Morgan fingerprint density at radius 2 is 2.00 bits per heavy atom. The molecule has 0 spiro atoms. The molecule has 116 valence electrons. The van der Waals surface area contributed by atoms with Gasteiger partial charge in [0.15, 0.2) is 5.79 Å². The Balaban J connectivity index is 1.48. The normalized spacial score (nSPS) is 30.1. The van der Waals surface area contributed by atoms with E-state index in [0.29, 0.717) is 24.8 Å². The van der Waals surface area contributed by atoms with Gasteiger partial charge in [0.1, 0.15) is 0 Å². The zero-order valence-corrected chi connectivity index (χ0v) is 12.7. The van der Waals surface area contributed by atoms with Crippen LogP contribution in [0.2, 0.25) is 0 Å². The van der Waals surface area contributed by atoms with Crippen LogP contribution >= 0.6 is 0 Å². The molecule has 0 saturated heterocycles. The van der Waals surface area contributed by atoms with E-state index >= 15 is 0 Å². The molecular formula is C18H22FN3. The molecule has 1 aliphatic heterocycles. The van der Waals surface area contributed by atoms with Crippen LogP contribution in [0, 0.1) is 5.92 Å². The molecule has 2 N–H and O–H groups in total. The number of imidazole rings is 1. The molecule has 4 rings (SSSR count). The number of benzene rings is 1. The van der Waals surface area contributed by atoms with E-state index in [2.05, 4.69) is 33.8 Å². The fourth-order valence-electron chi connectivity index (χ4n) is 4.07. The number of fused-ring (bicyclic) bond motifs is 3. The maximum atomic E-state index is 13.7. The first kappa shape index (κ1) is 13.9. The molecule has 1 fully saturated rings. The minimum atomic E-state index is -1.42. The molecular weight excluding hydrogens is 277 g/mol. The molecule has 2 aliphatic rings. The molecule has 1 aromatic heterocycles. The summed E-state index contributed by atoms with van der Waals surface area (Å²) in [4.78, 5) is 4.30. The number of nitrogens with two attached hydrogens (primary N) is 1. The van der Waals surface area contributed by atoms with Gasteiger partial charge in [-0.2, -0.15) is 0 Å². The zero-order chi connectivity index (χ0) is 15.2. The van der Waals surface area contributed by atoms with E-state index in [-0.39, 0.29) is 0 Å². The third kappa shape index (κ3) is 2.35. The van der Waals surface area contributed by atoms with Crippen LogP contribution in [0.5, 0.6) is 0 Å². The van der Waals surface area contributed by atoms with Gasteiger partial charge in [-0.25, -0.2) is 9.37 Å². The average molecular weight is 299 g/mol.